The van der Waals surface area contributed by atoms with E-state index in [2.05, 4.69) is 10.4 Å². The number of fused-ring (bicyclic) bond motifs is 1. The predicted octanol–water partition coefficient (Wildman–Crippen LogP) is 5.64. The molecule has 0 fully saturated rings. The van der Waals surface area contributed by atoms with Gasteiger partial charge in [0.05, 0.1) is 24.9 Å². The van der Waals surface area contributed by atoms with Crippen LogP contribution in [0.15, 0.2) is 60.7 Å². The van der Waals surface area contributed by atoms with E-state index in [9.17, 15) is 4.79 Å². The van der Waals surface area contributed by atoms with Crippen LogP contribution in [0.3, 0.4) is 0 Å². The highest BCUT2D eigenvalue weighted by atomic mass is 35.5. The average Bonchev–Trinajstić information content (AvgIpc) is 3.06. The molecule has 1 N–H and O–H groups in total. The lowest BCUT2D eigenvalue weighted by Gasteiger charge is -2.08. The number of ether oxygens (including phenoxy) is 1. The summed E-state index contributed by atoms with van der Waals surface area (Å²) in [5, 5.41) is 10.5. The average molecular weight is 454 g/mol. The maximum absolute atomic E-state index is 12.8. The van der Waals surface area contributed by atoms with Crippen LogP contribution in [-0.4, -0.2) is 22.8 Å². The van der Waals surface area contributed by atoms with E-state index < -0.39 is 0 Å². The zero-order valence-corrected chi connectivity index (χ0v) is 18.7. The Balaban J connectivity index is 1.49. The molecule has 0 bridgehead atoms. The second-order valence-corrected chi connectivity index (χ2v) is 8.00. The Hall–Kier alpha value is -3.02. The number of nitrogens with one attached hydrogen (secondary N) is 1. The van der Waals surface area contributed by atoms with E-state index in [-0.39, 0.29) is 5.91 Å². The van der Waals surface area contributed by atoms with Crippen molar-refractivity contribution in [1.29, 1.82) is 0 Å². The summed E-state index contributed by atoms with van der Waals surface area (Å²) in [6, 6.07) is 19.4. The van der Waals surface area contributed by atoms with E-state index >= 15 is 0 Å². The van der Waals surface area contributed by atoms with Crippen molar-refractivity contribution in [3.05, 3.63) is 93.2 Å². The molecule has 7 heteroatoms. The molecule has 1 amide bonds. The number of halogens is 2. The summed E-state index contributed by atoms with van der Waals surface area (Å²) in [6.07, 6.45) is 0. The maximum atomic E-state index is 12.8. The standard InChI is InChI=1S/C24H21Cl2N3O2/c1-15-22(23(26)29(28-15)14-19-5-3-4-6-21(19)25)24(30)27-13-16-7-8-18-12-20(31-2)10-9-17(18)11-16/h3-12H,13-14H2,1-2H3,(H,27,30). The molecule has 0 unspecified atom stereocenters. The lowest BCUT2D eigenvalue weighted by molar-refractivity contribution is 0.0950. The number of carbonyl (C=O) groups is 1. The lowest BCUT2D eigenvalue weighted by Crippen LogP contribution is -2.23. The van der Waals surface area contributed by atoms with E-state index in [1.54, 1.807) is 18.7 Å². The van der Waals surface area contributed by atoms with E-state index in [0.717, 1.165) is 27.6 Å². The fourth-order valence-corrected chi connectivity index (χ4v) is 4.00. The molecule has 1 aromatic heterocycles. The van der Waals surface area contributed by atoms with E-state index in [1.165, 1.54) is 0 Å². The quantitative estimate of drug-likeness (QED) is 0.410. The van der Waals surface area contributed by atoms with Crippen LogP contribution in [0.25, 0.3) is 10.8 Å². The van der Waals surface area contributed by atoms with Crippen LogP contribution in [0, 0.1) is 6.92 Å². The third-order valence-electron chi connectivity index (χ3n) is 5.14. The van der Waals surface area contributed by atoms with Gasteiger partial charge < -0.3 is 10.1 Å². The zero-order valence-electron chi connectivity index (χ0n) is 17.2. The Morgan fingerprint density at radius 3 is 2.58 bits per heavy atom. The zero-order chi connectivity index (χ0) is 22.0. The van der Waals surface area contributed by atoms with Gasteiger partial charge in [0.25, 0.3) is 5.91 Å². The monoisotopic (exact) mass is 453 g/mol. The largest absolute Gasteiger partial charge is 0.497 e. The summed E-state index contributed by atoms with van der Waals surface area (Å²) in [7, 11) is 1.65. The first-order valence-corrected chi connectivity index (χ1v) is 10.5. The number of rotatable bonds is 6. The van der Waals surface area contributed by atoms with Crippen LogP contribution in [0.2, 0.25) is 10.2 Å². The molecule has 5 nitrogen and oxygen atoms in total. The van der Waals surface area contributed by atoms with E-state index in [1.807, 2.05) is 60.7 Å². The summed E-state index contributed by atoms with van der Waals surface area (Å²) in [5.74, 6) is 0.551. The van der Waals surface area contributed by atoms with Gasteiger partial charge in [0.1, 0.15) is 10.9 Å². The van der Waals surface area contributed by atoms with Gasteiger partial charge in [0.2, 0.25) is 0 Å². The molecule has 0 atom stereocenters. The van der Waals surface area contributed by atoms with Crippen LogP contribution >= 0.6 is 23.2 Å². The maximum Gasteiger partial charge on any atom is 0.256 e. The first-order chi connectivity index (χ1) is 15.0. The van der Waals surface area contributed by atoms with Gasteiger partial charge in [-0.05, 0) is 53.1 Å². The van der Waals surface area contributed by atoms with Crippen molar-refractivity contribution in [1.82, 2.24) is 15.1 Å². The molecule has 1 heterocycles. The fourth-order valence-electron chi connectivity index (χ4n) is 3.48. The Labute approximate surface area is 190 Å². The number of methoxy groups -OCH3 is 1. The SMILES string of the molecule is COc1ccc2cc(CNC(=O)c3c(C)nn(Cc4ccccc4Cl)c3Cl)ccc2c1. The third kappa shape index (κ3) is 4.53. The molecule has 3 aromatic carbocycles. The van der Waals surface area contributed by atoms with Gasteiger partial charge in [-0.15, -0.1) is 0 Å². The topological polar surface area (TPSA) is 56.1 Å². The molecule has 4 aromatic rings. The number of benzene rings is 3. The van der Waals surface area contributed by atoms with Crippen molar-refractivity contribution in [2.75, 3.05) is 7.11 Å². The van der Waals surface area contributed by atoms with Crippen LogP contribution in [0.5, 0.6) is 5.75 Å². The number of hydrogen-bond acceptors (Lipinski definition) is 3. The first-order valence-electron chi connectivity index (χ1n) is 9.77. The Morgan fingerprint density at radius 1 is 1.06 bits per heavy atom. The van der Waals surface area contributed by atoms with Crippen LogP contribution < -0.4 is 10.1 Å². The molecular weight excluding hydrogens is 433 g/mol. The number of nitrogens with zero attached hydrogens (tertiary/aromatic N) is 2. The lowest BCUT2D eigenvalue weighted by atomic mass is 10.1. The van der Waals surface area contributed by atoms with Gasteiger partial charge in [-0.25, -0.2) is 4.68 Å². The predicted molar refractivity (Wildman–Crippen MR) is 124 cm³/mol. The molecule has 0 saturated heterocycles. The number of amides is 1. The Kier molecular flexibility index (Phi) is 6.16. The van der Waals surface area contributed by atoms with Crippen LogP contribution in [0.1, 0.15) is 27.2 Å². The van der Waals surface area contributed by atoms with Gasteiger partial charge in [0, 0.05) is 11.6 Å². The van der Waals surface area contributed by atoms with Gasteiger partial charge >= 0.3 is 0 Å². The normalized spacial score (nSPS) is 11.0. The smallest absolute Gasteiger partial charge is 0.256 e. The molecule has 0 aliphatic heterocycles. The summed E-state index contributed by atoms with van der Waals surface area (Å²) in [6.45, 7) is 2.54. The Bertz CT molecular complexity index is 1270. The number of hydrogen-bond donors (Lipinski definition) is 1. The molecular formula is C24H21Cl2N3O2. The minimum Gasteiger partial charge on any atom is -0.497 e. The number of carbonyl (C=O) groups excluding carboxylic acids is 1. The summed E-state index contributed by atoms with van der Waals surface area (Å²) < 4.78 is 6.86. The van der Waals surface area contributed by atoms with Gasteiger partial charge in [-0.3, -0.25) is 4.79 Å². The molecule has 0 aliphatic rings. The van der Waals surface area contributed by atoms with E-state index in [4.69, 9.17) is 27.9 Å². The van der Waals surface area contributed by atoms with Crippen molar-refractivity contribution in [2.45, 2.75) is 20.0 Å². The minimum absolute atomic E-state index is 0.261. The second kappa shape index (κ2) is 9.00. The minimum atomic E-state index is -0.261. The van der Waals surface area contributed by atoms with Crippen molar-refractivity contribution in [3.8, 4) is 5.75 Å². The highest BCUT2D eigenvalue weighted by molar-refractivity contribution is 6.33. The van der Waals surface area contributed by atoms with E-state index in [0.29, 0.717) is 34.5 Å². The highest BCUT2D eigenvalue weighted by Gasteiger charge is 2.20. The molecule has 158 valence electrons. The summed E-state index contributed by atoms with van der Waals surface area (Å²) >= 11 is 12.7. The fraction of sp³-hybridized carbons (Fsp3) is 0.167. The molecule has 0 saturated carbocycles. The molecule has 4 rings (SSSR count). The number of aryl methyl sites for hydroxylation is 1. The Morgan fingerprint density at radius 2 is 1.81 bits per heavy atom. The van der Waals surface area contributed by atoms with Crippen molar-refractivity contribution >= 4 is 39.9 Å². The first kappa shape index (κ1) is 21.2. The van der Waals surface area contributed by atoms with Crippen molar-refractivity contribution in [2.24, 2.45) is 0 Å². The molecule has 0 aliphatic carbocycles. The molecule has 0 radical (unpaired) electrons. The molecule has 31 heavy (non-hydrogen) atoms. The summed E-state index contributed by atoms with van der Waals surface area (Å²) in [5.41, 5.74) is 2.82. The van der Waals surface area contributed by atoms with Gasteiger partial charge in [-0.1, -0.05) is 59.6 Å². The summed E-state index contributed by atoms with van der Waals surface area (Å²) in [4.78, 5) is 12.8. The molecule has 0 spiro atoms. The number of aromatic nitrogens is 2. The van der Waals surface area contributed by atoms with Gasteiger partial charge in [0.15, 0.2) is 0 Å². The third-order valence-corrected chi connectivity index (χ3v) is 5.89. The van der Waals surface area contributed by atoms with Crippen molar-refractivity contribution < 1.29 is 9.53 Å². The van der Waals surface area contributed by atoms with Crippen molar-refractivity contribution in [3.63, 3.8) is 0 Å². The van der Waals surface area contributed by atoms with Crippen LogP contribution in [-0.2, 0) is 13.1 Å². The highest BCUT2D eigenvalue weighted by Crippen LogP contribution is 2.24. The van der Waals surface area contributed by atoms with Gasteiger partial charge in [-0.2, -0.15) is 5.10 Å². The van der Waals surface area contributed by atoms with Crippen LogP contribution in [0.4, 0.5) is 0 Å². The second-order valence-electron chi connectivity index (χ2n) is 7.23.